The molecule has 0 aromatic heterocycles. The van der Waals surface area contributed by atoms with E-state index in [1.54, 1.807) is 30.3 Å². The third-order valence-electron chi connectivity index (χ3n) is 4.90. The Bertz CT molecular complexity index is 1330. The highest BCUT2D eigenvalue weighted by atomic mass is 16.7. The van der Waals surface area contributed by atoms with Crippen molar-refractivity contribution in [3.63, 3.8) is 0 Å². The molecule has 0 amide bonds. The van der Waals surface area contributed by atoms with Crippen LogP contribution in [0.4, 0.5) is 0 Å². The smallest absolute Gasteiger partial charge is 0.343 e. The molecular weight excluding hydrogens is 448 g/mol. The monoisotopic (exact) mass is 464 g/mol. The molecule has 0 saturated heterocycles. The first-order chi connectivity index (χ1) is 16.5. The number of aromatic carboxylic acids is 1. The molecular formula is C24H16O10. The van der Waals surface area contributed by atoms with Crippen molar-refractivity contribution in [3.8, 4) is 46.0 Å². The van der Waals surface area contributed by atoms with E-state index >= 15 is 0 Å². The third-order valence-corrected chi connectivity index (χ3v) is 4.90. The van der Waals surface area contributed by atoms with Crippen LogP contribution in [0.1, 0.15) is 15.9 Å². The van der Waals surface area contributed by atoms with Gasteiger partial charge in [-0.25, -0.2) is 9.59 Å². The Balaban J connectivity index is 1.51. The quantitative estimate of drug-likeness (QED) is 0.481. The first kappa shape index (κ1) is 21.0. The van der Waals surface area contributed by atoms with Gasteiger partial charge >= 0.3 is 11.9 Å². The van der Waals surface area contributed by atoms with Crippen LogP contribution in [-0.2, 0) is 4.79 Å². The van der Waals surface area contributed by atoms with E-state index < -0.39 is 11.9 Å². The van der Waals surface area contributed by atoms with Gasteiger partial charge in [-0.2, -0.15) is 0 Å². The van der Waals surface area contributed by atoms with Gasteiger partial charge in [-0.3, -0.25) is 0 Å². The van der Waals surface area contributed by atoms with Crippen molar-refractivity contribution in [3.05, 3.63) is 65.7 Å². The zero-order valence-corrected chi connectivity index (χ0v) is 17.3. The summed E-state index contributed by atoms with van der Waals surface area (Å²) in [6.07, 6.45) is 2.24. The first-order valence-electron chi connectivity index (χ1n) is 9.94. The maximum Gasteiger partial charge on any atom is 0.343 e. The second-order valence-electron chi connectivity index (χ2n) is 7.07. The highest BCUT2D eigenvalue weighted by Crippen LogP contribution is 2.43. The Morgan fingerprint density at radius 1 is 0.765 bits per heavy atom. The van der Waals surface area contributed by atoms with Crippen LogP contribution in [0.2, 0.25) is 0 Å². The van der Waals surface area contributed by atoms with E-state index in [1.165, 1.54) is 24.3 Å². The van der Waals surface area contributed by atoms with Crippen molar-refractivity contribution in [2.75, 3.05) is 13.6 Å². The van der Waals surface area contributed by atoms with Crippen molar-refractivity contribution >= 4 is 18.0 Å². The lowest BCUT2D eigenvalue weighted by molar-refractivity contribution is -0.131. The van der Waals surface area contributed by atoms with E-state index in [-0.39, 0.29) is 36.4 Å². The van der Waals surface area contributed by atoms with E-state index in [0.29, 0.717) is 34.3 Å². The fourth-order valence-corrected chi connectivity index (χ4v) is 3.40. The summed E-state index contributed by atoms with van der Waals surface area (Å²) in [5, 5.41) is 18.9. The molecule has 0 atom stereocenters. The number of aliphatic carboxylic acids is 1. The second-order valence-corrected chi connectivity index (χ2v) is 7.07. The molecule has 0 fully saturated rings. The summed E-state index contributed by atoms with van der Waals surface area (Å²) in [4.78, 5) is 23.2. The highest BCUT2D eigenvalue weighted by molar-refractivity contribution is 5.94. The van der Waals surface area contributed by atoms with Crippen LogP contribution in [-0.4, -0.2) is 35.7 Å². The number of rotatable bonds is 7. The molecule has 0 unspecified atom stereocenters. The topological polar surface area (TPSA) is 130 Å². The lowest BCUT2D eigenvalue weighted by Crippen LogP contribution is -2.03. The predicted octanol–water partition coefficient (Wildman–Crippen LogP) is 4.52. The molecule has 172 valence electrons. The molecule has 0 aliphatic carbocycles. The Morgan fingerprint density at radius 3 is 2.12 bits per heavy atom. The SMILES string of the molecule is O=C(O)C=Cc1cc2c(cc1Oc1cccc(Oc3ccc4c(c3)OCO4)c1C(=O)O)OCO2. The molecule has 2 aliphatic heterocycles. The van der Waals surface area contributed by atoms with Crippen molar-refractivity contribution in [1.29, 1.82) is 0 Å². The zero-order valence-electron chi connectivity index (χ0n) is 17.3. The predicted molar refractivity (Wildman–Crippen MR) is 115 cm³/mol. The molecule has 0 saturated carbocycles. The average molecular weight is 464 g/mol. The molecule has 10 heteroatoms. The second kappa shape index (κ2) is 8.58. The molecule has 2 aliphatic rings. The summed E-state index contributed by atoms with van der Waals surface area (Å²) in [6, 6.07) is 12.5. The summed E-state index contributed by atoms with van der Waals surface area (Å²) in [5.74, 6) is -0.0699. The van der Waals surface area contributed by atoms with Gasteiger partial charge in [0.2, 0.25) is 13.6 Å². The van der Waals surface area contributed by atoms with E-state index in [2.05, 4.69) is 0 Å². The van der Waals surface area contributed by atoms with Crippen LogP contribution in [0.5, 0.6) is 46.0 Å². The van der Waals surface area contributed by atoms with E-state index in [1.807, 2.05) is 0 Å². The molecule has 0 radical (unpaired) electrons. The summed E-state index contributed by atoms with van der Waals surface area (Å²) in [6.45, 7) is 0.0940. The Kier molecular flexibility index (Phi) is 5.30. The van der Waals surface area contributed by atoms with Gasteiger partial charge in [0, 0.05) is 23.8 Å². The fraction of sp³-hybridized carbons (Fsp3) is 0.0833. The van der Waals surface area contributed by atoms with Crippen LogP contribution in [0, 0.1) is 0 Å². The van der Waals surface area contributed by atoms with Crippen molar-refractivity contribution in [2.24, 2.45) is 0 Å². The number of hydrogen-bond acceptors (Lipinski definition) is 8. The normalized spacial score (nSPS) is 13.2. The number of carboxylic acids is 2. The molecule has 3 aromatic rings. The van der Waals surface area contributed by atoms with Gasteiger partial charge in [-0.05, 0) is 36.4 Å². The molecule has 3 aromatic carbocycles. The number of benzene rings is 3. The van der Waals surface area contributed by atoms with Crippen LogP contribution in [0.25, 0.3) is 6.08 Å². The van der Waals surface area contributed by atoms with Crippen molar-refractivity contribution in [2.45, 2.75) is 0 Å². The van der Waals surface area contributed by atoms with Crippen molar-refractivity contribution in [1.82, 2.24) is 0 Å². The first-order valence-corrected chi connectivity index (χ1v) is 9.94. The number of carbonyl (C=O) groups is 2. The van der Waals surface area contributed by atoms with Crippen molar-refractivity contribution < 1.29 is 48.2 Å². The van der Waals surface area contributed by atoms with Gasteiger partial charge in [0.05, 0.1) is 0 Å². The zero-order chi connectivity index (χ0) is 23.7. The molecule has 10 nitrogen and oxygen atoms in total. The van der Waals surface area contributed by atoms with Gasteiger partial charge in [-0.15, -0.1) is 0 Å². The van der Waals surface area contributed by atoms with E-state index in [9.17, 15) is 14.7 Å². The summed E-state index contributed by atoms with van der Waals surface area (Å²) in [5.41, 5.74) is 0.121. The minimum atomic E-state index is -1.28. The van der Waals surface area contributed by atoms with Crippen LogP contribution in [0.3, 0.4) is 0 Å². The van der Waals surface area contributed by atoms with Crippen LogP contribution >= 0.6 is 0 Å². The molecule has 34 heavy (non-hydrogen) atoms. The average Bonchev–Trinajstić information content (AvgIpc) is 3.46. The summed E-state index contributed by atoms with van der Waals surface area (Å²) < 4.78 is 33.1. The number of carboxylic acid groups (broad SMARTS) is 2. The molecule has 0 bridgehead atoms. The summed E-state index contributed by atoms with van der Waals surface area (Å²) >= 11 is 0. The van der Waals surface area contributed by atoms with Gasteiger partial charge in [0.25, 0.3) is 0 Å². The Hall–Kier alpha value is -4.86. The third kappa shape index (κ3) is 4.11. The minimum Gasteiger partial charge on any atom is -0.478 e. The standard InChI is InChI=1S/C24H16O10/c25-22(26)7-4-13-8-19-21(32-12-30-19)10-18(13)34-17-3-1-2-16(23(17)24(27)28)33-14-5-6-15-20(9-14)31-11-29-15/h1-10H,11-12H2,(H,25,26)(H,27,28). The number of ether oxygens (including phenoxy) is 6. The van der Waals surface area contributed by atoms with Gasteiger partial charge in [-0.1, -0.05) is 6.07 Å². The van der Waals surface area contributed by atoms with Gasteiger partial charge in [0.1, 0.15) is 28.6 Å². The lowest BCUT2D eigenvalue weighted by Gasteiger charge is -2.15. The minimum absolute atomic E-state index is 0.000104. The van der Waals surface area contributed by atoms with Crippen LogP contribution in [0.15, 0.2) is 54.6 Å². The van der Waals surface area contributed by atoms with Gasteiger partial charge < -0.3 is 38.6 Å². The number of hydrogen-bond donors (Lipinski definition) is 2. The fourth-order valence-electron chi connectivity index (χ4n) is 3.40. The Morgan fingerprint density at radius 2 is 1.41 bits per heavy atom. The molecule has 5 rings (SSSR count). The highest BCUT2D eigenvalue weighted by Gasteiger charge is 2.23. The molecule has 2 N–H and O–H groups in total. The van der Waals surface area contributed by atoms with Crippen LogP contribution < -0.4 is 28.4 Å². The van der Waals surface area contributed by atoms with E-state index in [0.717, 1.165) is 6.08 Å². The Labute approximate surface area is 192 Å². The maximum atomic E-state index is 12.2. The van der Waals surface area contributed by atoms with Gasteiger partial charge in [0.15, 0.2) is 23.0 Å². The maximum absolute atomic E-state index is 12.2. The molecule has 0 spiro atoms. The van der Waals surface area contributed by atoms with E-state index in [4.69, 9.17) is 33.5 Å². The molecule has 2 heterocycles. The lowest BCUT2D eigenvalue weighted by atomic mass is 10.1. The largest absolute Gasteiger partial charge is 0.478 e. The number of fused-ring (bicyclic) bond motifs is 2. The summed E-state index contributed by atoms with van der Waals surface area (Å²) in [7, 11) is 0.